The first kappa shape index (κ1) is 16.4. The summed E-state index contributed by atoms with van der Waals surface area (Å²) in [7, 11) is 0. The second-order valence-corrected chi connectivity index (χ2v) is 4.53. The summed E-state index contributed by atoms with van der Waals surface area (Å²) >= 11 is 0. The first-order valence-electron chi connectivity index (χ1n) is 6.40. The molecule has 0 aliphatic carbocycles. The van der Waals surface area contributed by atoms with Crippen molar-refractivity contribution in [1.82, 2.24) is 5.32 Å². The van der Waals surface area contributed by atoms with Crippen molar-refractivity contribution in [3.05, 3.63) is 23.2 Å². The molecule has 0 bridgehead atoms. The van der Waals surface area contributed by atoms with Gasteiger partial charge in [-0.2, -0.15) is 0 Å². The molecular formula is C14H25N3O. The largest absolute Gasteiger partial charge is 0.385 e. The van der Waals surface area contributed by atoms with Gasteiger partial charge in [-0.25, -0.2) is 0 Å². The zero-order valence-corrected chi connectivity index (χ0v) is 12.1. The number of rotatable bonds is 6. The van der Waals surface area contributed by atoms with Crippen LogP contribution in [0.5, 0.6) is 0 Å². The number of amides is 1. The summed E-state index contributed by atoms with van der Waals surface area (Å²) in [6.07, 6.45) is 5.35. The van der Waals surface area contributed by atoms with Gasteiger partial charge in [0.15, 0.2) is 0 Å². The number of hydrogen-bond donors (Lipinski definition) is 2. The molecular weight excluding hydrogens is 226 g/mol. The van der Waals surface area contributed by atoms with Crippen LogP contribution >= 0.6 is 0 Å². The molecule has 3 N–H and O–H groups in total. The Kier molecular flexibility index (Phi) is 7.76. The van der Waals surface area contributed by atoms with Gasteiger partial charge in [0.25, 0.3) is 5.91 Å². The van der Waals surface area contributed by atoms with Gasteiger partial charge in [-0.3, -0.25) is 9.79 Å². The van der Waals surface area contributed by atoms with E-state index in [1.165, 1.54) is 0 Å². The summed E-state index contributed by atoms with van der Waals surface area (Å²) in [5.74, 6) is 0.479. The average Bonchev–Trinajstić information content (AvgIpc) is 2.28. The maximum atomic E-state index is 12.0. The van der Waals surface area contributed by atoms with Crippen LogP contribution in [0.25, 0.3) is 0 Å². The fraction of sp³-hybridized carbons (Fsp3) is 0.571. The molecule has 18 heavy (non-hydrogen) atoms. The summed E-state index contributed by atoms with van der Waals surface area (Å²) in [5, 5.41) is 2.63. The maximum absolute atomic E-state index is 12.0. The Labute approximate surface area is 110 Å². The molecule has 0 saturated heterocycles. The van der Waals surface area contributed by atoms with Gasteiger partial charge < -0.3 is 11.1 Å². The van der Waals surface area contributed by atoms with Gasteiger partial charge in [-0.15, -0.1) is 0 Å². The molecule has 0 saturated carbocycles. The van der Waals surface area contributed by atoms with Crippen molar-refractivity contribution in [2.24, 2.45) is 16.6 Å². The van der Waals surface area contributed by atoms with E-state index in [2.05, 4.69) is 24.2 Å². The van der Waals surface area contributed by atoms with Crippen molar-refractivity contribution in [3.63, 3.8) is 0 Å². The second-order valence-electron chi connectivity index (χ2n) is 4.53. The standard InChI is InChI=1S/C14H25N3O/c1-6-8-12(15)17-14(18)13(10(3)4)16-9-11(5)7-2/h8-9,11H,6-7,15H2,1-5H3,(H,17,18)/b12-8+,16-9-. The minimum absolute atomic E-state index is 0.253. The normalized spacial score (nSPS) is 13.5. The third-order valence-corrected chi connectivity index (χ3v) is 2.47. The Morgan fingerprint density at radius 3 is 2.44 bits per heavy atom. The molecule has 0 aromatic carbocycles. The molecule has 0 heterocycles. The van der Waals surface area contributed by atoms with Gasteiger partial charge >= 0.3 is 0 Å². The number of nitrogens with zero attached hydrogens (tertiary/aromatic N) is 1. The smallest absolute Gasteiger partial charge is 0.275 e. The molecule has 0 fully saturated rings. The van der Waals surface area contributed by atoms with Gasteiger partial charge in [-0.1, -0.05) is 20.8 Å². The SMILES string of the molecule is CC/C=C(\N)NC(=O)C(/N=C\C(C)CC)=C(C)C. The lowest BCUT2D eigenvalue weighted by molar-refractivity contribution is -0.116. The lowest BCUT2D eigenvalue weighted by Gasteiger charge is -2.08. The van der Waals surface area contributed by atoms with Crippen LogP contribution in [-0.4, -0.2) is 12.1 Å². The zero-order valence-electron chi connectivity index (χ0n) is 12.1. The van der Waals surface area contributed by atoms with Crippen LogP contribution < -0.4 is 11.1 Å². The molecule has 1 atom stereocenters. The average molecular weight is 251 g/mol. The molecule has 1 amide bonds. The third-order valence-electron chi connectivity index (χ3n) is 2.47. The van der Waals surface area contributed by atoms with E-state index in [-0.39, 0.29) is 5.91 Å². The maximum Gasteiger partial charge on any atom is 0.275 e. The van der Waals surface area contributed by atoms with Crippen LogP contribution in [0.15, 0.2) is 28.2 Å². The van der Waals surface area contributed by atoms with Crippen LogP contribution in [0.1, 0.15) is 47.5 Å². The molecule has 4 nitrogen and oxygen atoms in total. The molecule has 0 aliphatic heterocycles. The fourth-order valence-electron chi connectivity index (χ4n) is 1.18. The highest BCUT2D eigenvalue weighted by Gasteiger charge is 2.10. The van der Waals surface area contributed by atoms with Gasteiger partial charge in [0.2, 0.25) is 0 Å². The molecule has 0 aromatic heterocycles. The molecule has 0 rings (SSSR count). The minimum Gasteiger partial charge on any atom is -0.385 e. The predicted molar refractivity (Wildman–Crippen MR) is 77.0 cm³/mol. The van der Waals surface area contributed by atoms with Crippen LogP contribution in [0.4, 0.5) is 0 Å². The quantitative estimate of drug-likeness (QED) is 0.563. The highest BCUT2D eigenvalue weighted by atomic mass is 16.2. The summed E-state index contributed by atoms with van der Waals surface area (Å²) in [6, 6.07) is 0. The molecule has 1 unspecified atom stereocenters. The molecule has 4 heteroatoms. The van der Waals surface area contributed by atoms with E-state index in [1.54, 1.807) is 6.08 Å². The molecule has 102 valence electrons. The van der Waals surface area contributed by atoms with Crippen LogP contribution in [0.2, 0.25) is 0 Å². The number of carbonyl (C=O) groups excluding carboxylic acids is 1. The molecule has 0 spiro atoms. The molecule has 0 radical (unpaired) electrons. The first-order valence-corrected chi connectivity index (χ1v) is 6.40. The minimum atomic E-state index is -0.253. The van der Waals surface area contributed by atoms with Crippen molar-refractivity contribution < 1.29 is 4.79 Å². The number of allylic oxidation sites excluding steroid dienone is 2. The predicted octanol–water partition coefficient (Wildman–Crippen LogP) is 2.72. The van der Waals surface area contributed by atoms with Crippen LogP contribution in [-0.2, 0) is 4.79 Å². The Hall–Kier alpha value is -1.58. The van der Waals surface area contributed by atoms with Crippen molar-refractivity contribution >= 4 is 12.1 Å². The number of nitrogens with one attached hydrogen (secondary N) is 1. The van der Waals surface area contributed by atoms with Crippen molar-refractivity contribution in [2.75, 3.05) is 0 Å². The highest BCUT2D eigenvalue weighted by Crippen LogP contribution is 2.07. The highest BCUT2D eigenvalue weighted by molar-refractivity contribution is 5.96. The summed E-state index contributed by atoms with van der Waals surface area (Å²) in [4.78, 5) is 16.2. The van der Waals surface area contributed by atoms with Crippen molar-refractivity contribution in [1.29, 1.82) is 0 Å². The number of hydrogen-bond acceptors (Lipinski definition) is 3. The Bertz CT molecular complexity index is 363. The van der Waals surface area contributed by atoms with Crippen molar-refractivity contribution in [2.45, 2.75) is 47.5 Å². The lowest BCUT2D eigenvalue weighted by Crippen LogP contribution is -2.28. The van der Waals surface area contributed by atoms with E-state index in [4.69, 9.17) is 5.73 Å². The number of nitrogens with two attached hydrogens (primary N) is 1. The van der Waals surface area contributed by atoms with Crippen molar-refractivity contribution in [3.8, 4) is 0 Å². The number of aliphatic imine (C=N–C) groups is 1. The van der Waals surface area contributed by atoms with E-state index in [0.717, 1.165) is 18.4 Å². The van der Waals surface area contributed by atoms with E-state index in [1.807, 2.05) is 27.0 Å². The van der Waals surface area contributed by atoms with E-state index >= 15 is 0 Å². The summed E-state index contributed by atoms with van der Waals surface area (Å²) < 4.78 is 0. The van der Waals surface area contributed by atoms with E-state index in [0.29, 0.717) is 17.4 Å². The van der Waals surface area contributed by atoms with Gasteiger partial charge in [0.05, 0.1) is 5.82 Å². The Morgan fingerprint density at radius 1 is 1.39 bits per heavy atom. The first-order chi connectivity index (χ1) is 8.42. The summed E-state index contributed by atoms with van der Waals surface area (Å²) in [5.41, 5.74) is 6.96. The number of carbonyl (C=O) groups is 1. The Balaban J connectivity index is 4.84. The van der Waals surface area contributed by atoms with Gasteiger partial charge in [0.1, 0.15) is 5.70 Å². The van der Waals surface area contributed by atoms with E-state index in [9.17, 15) is 4.79 Å². The topological polar surface area (TPSA) is 67.5 Å². The lowest BCUT2D eigenvalue weighted by atomic mass is 10.1. The van der Waals surface area contributed by atoms with Crippen LogP contribution in [0.3, 0.4) is 0 Å². The van der Waals surface area contributed by atoms with E-state index < -0.39 is 0 Å². The second kappa shape index (κ2) is 8.50. The van der Waals surface area contributed by atoms with Gasteiger partial charge in [-0.05, 0) is 44.3 Å². The zero-order chi connectivity index (χ0) is 14.1. The Morgan fingerprint density at radius 2 is 2.00 bits per heavy atom. The molecule has 0 aromatic rings. The molecule has 0 aliphatic rings. The third kappa shape index (κ3) is 6.23. The fourth-order valence-corrected chi connectivity index (χ4v) is 1.18. The van der Waals surface area contributed by atoms with Gasteiger partial charge in [0, 0.05) is 6.21 Å². The van der Waals surface area contributed by atoms with Crippen LogP contribution in [0, 0.1) is 5.92 Å². The monoisotopic (exact) mass is 251 g/mol. The summed E-state index contributed by atoms with van der Waals surface area (Å²) in [6.45, 7) is 9.84.